The molecule has 2 heterocycles. The van der Waals surface area contributed by atoms with Gasteiger partial charge in [0.2, 0.25) is 5.91 Å². The molecule has 2 amide bonds. The molecule has 0 bridgehead atoms. The lowest BCUT2D eigenvalue weighted by Gasteiger charge is -2.34. The second-order valence-electron chi connectivity index (χ2n) is 7.32. The molecule has 0 radical (unpaired) electrons. The molecule has 1 unspecified atom stereocenters. The highest BCUT2D eigenvalue weighted by Gasteiger charge is 2.34. The van der Waals surface area contributed by atoms with Crippen molar-refractivity contribution in [3.63, 3.8) is 0 Å². The second-order valence-corrected chi connectivity index (χ2v) is 7.32. The van der Waals surface area contributed by atoms with Crippen LogP contribution in [0.1, 0.15) is 36.3 Å². The molecule has 1 aromatic heterocycles. The maximum Gasteiger partial charge on any atom is 0.272 e. The number of pyridine rings is 1. The number of carbonyl (C=O) groups excluding carboxylic acids is 2. The molecule has 7 heteroatoms. The van der Waals surface area contributed by atoms with Gasteiger partial charge in [0.1, 0.15) is 17.3 Å². The fourth-order valence-electron chi connectivity index (χ4n) is 3.39. The van der Waals surface area contributed by atoms with Crippen molar-refractivity contribution in [2.24, 2.45) is 5.92 Å². The highest BCUT2D eigenvalue weighted by Crippen LogP contribution is 2.22. The second kappa shape index (κ2) is 8.46. The average molecular weight is 387 g/mol. The van der Waals surface area contributed by atoms with Crippen LogP contribution >= 0.6 is 0 Å². The van der Waals surface area contributed by atoms with Gasteiger partial charge in [-0.3, -0.25) is 9.59 Å². The standard InChI is InChI=1S/C21H23F2N3O2/c1-14(2)19-13-25(21(28)18-8-7-17(23)11-24-18)10-9-20(27)26(19)12-15-3-5-16(22)6-4-15/h3-8,11,14,19H,9-10,12-13H2,1-2H3. The van der Waals surface area contributed by atoms with E-state index < -0.39 is 5.82 Å². The molecule has 0 N–H and O–H groups in total. The topological polar surface area (TPSA) is 53.5 Å². The molecule has 1 aromatic carbocycles. The summed E-state index contributed by atoms with van der Waals surface area (Å²) in [6.45, 7) is 5.00. The van der Waals surface area contributed by atoms with E-state index in [1.165, 1.54) is 24.3 Å². The van der Waals surface area contributed by atoms with Gasteiger partial charge in [-0.1, -0.05) is 26.0 Å². The molecule has 0 aliphatic carbocycles. The first-order chi connectivity index (χ1) is 13.3. The Hall–Kier alpha value is -2.83. The lowest BCUT2D eigenvalue weighted by Crippen LogP contribution is -2.47. The maximum absolute atomic E-state index is 13.2. The van der Waals surface area contributed by atoms with Gasteiger partial charge in [-0.15, -0.1) is 0 Å². The van der Waals surface area contributed by atoms with E-state index in [0.29, 0.717) is 13.1 Å². The van der Waals surface area contributed by atoms with Crippen LogP contribution < -0.4 is 0 Å². The normalized spacial score (nSPS) is 17.8. The zero-order chi connectivity index (χ0) is 20.3. The Morgan fingerprint density at radius 2 is 1.82 bits per heavy atom. The first kappa shape index (κ1) is 19.9. The molecular formula is C21H23F2N3O2. The van der Waals surface area contributed by atoms with Gasteiger partial charge >= 0.3 is 0 Å². The fraction of sp³-hybridized carbons (Fsp3) is 0.381. The van der Waals surface area contributed by atoms with Gasteiger partial charge in [-0.25, -0.2) is 13.8 Å². The molecule has 1 aliphatic rings. The van der Waals surface area contributed by atoms with Gasteiger partial charge in [0.25, 0.3) is 5.91 Å². The predicted octanol–water partition coefficient (Wildman–Crippen LogP) is 3.26. The van der Waals surface area contributed by atoms with Crippen molar-refractivity contribution in [1.29, 1.82) is 0 Å². The smallest absolute Gasteiger partial charge is 0.272 e. The highest BCUT2D eigenvalue weighted by molar-refractivity contribution is 5.93. The van der Waals surface area contributed by atoms with Crippen LogP contribution in [0.4, 0.5) is 8.78 Å². The Morgan fingerprint density at radius 3 is 2.43 bits per heavy atom. The molecule has 5 nitrogen and oxygen atoms in total. The van der Waals surface area contributed by atoms with Crippen molar-refractivity contribution in [1.82, 2.24) is 14.8 Å². The zero-order valence-electron chi connectivity index (χ0n) is 15.9. The number of nitrogens with zero attached hydrogens (tertiary/aromatic N) is 3. The van der Waals surface area contributed by atoms with Gasteiger partial charge in [-0.2, -0.15) is 0 Å². The van der Waals surface area contributed by atoms with Crippen LogP contribution in [0.15, 0.2) is 42.6 Å². The monoisotopic (exact) mass is 387 g/mol. The fourth-order valence-corrected chi connectivity index (χ4v) is 3.39. The van der Waals surface area contributed by atoms with Gasteiger partial charge in [0, 0.05) is 26.1 Å². The summed E-state index contributed by atoms with van der Waals surface area (Å²) in [6.07, 6.45) is 1.20. The quantitative estimate of drug-likeness (QED) is 0.809. The highest BCUT2D eigenvalue weighted by atomic mass is 19.1. The Morgan fingerprint density at radius 1 is 1.14 bits per heavy atom. The van der Waals surface area contributed by atoms with Crippen LogP contribution in [0, 0.1) is 17.6 Å². The van der Waals surface area contributed by atoms with Crippen molar-refractivity contribution in [2.45, 2.75) is 32.9 Å². The number of carbonyl (C=O) groups is 2. The Bertz CT molecular complexity index is 838. The number of hydrogen-bond acceptors (Lipinski definition) is 3. The van der Waals surface area contributed by atoms with E-state index in [9.17, 15) is 18.4 Å². The van der Waals surface area contributed by atoms with E-state index in [4.69, 9.17) is 0 Å². The number of amides is 2. The van der Waals surface area contributed by atoms with E-state index in [0.717, 1.165) is 11.8 Å². The third-order valence-electron chi connectivity index (χ3n) is 4.99. The van der Waals surface area contributed by atoms with Gasteiger partial charge in [-0.05, 0) is 35.7 Å². The molecular weight excluding hydrogens is 364 g/mol. The molecule has 2 aromatic rings. The number of hydrogen-bond donors (Lipinski definition) is 0. The molecule has 0 spiro atoms. The first-order valence-corrected chi connectivity index (χ1v) is 9.30. The Balaban J connectivity index is 1.82. The van der Waals surface area contributed by atoms with E-state index in [1.54, 1.807) is 21.9 Å². The van der Waals surface area contributed by atoms with Crippen molar-refractivity contribution in [2.75, 3.05) is 13.1 Å². The minimum Gasteiger partial charge on any atom is -0.335 e. The first-order valence-electron chi connectivity index (χ1n) is 9.30. The van der Waals surface area contributed by atoms with Gasteiger partial charge in [0.05, 0.1) is 12.2 Å². The minimum absolute atomic E-state index is 0.0506. The van der Waals surface area contributed by atoms with Crippen LogP contribution in [-0.2, 0) is 11.3 Å². The van der Waals surface area contributed by atoms with E-state index in [1.807, 2.05) is 13.8 Å². The summed E-state index contributed by atoms with van der Waals surface area (Å²) >= 11 is 0. The largest absolute Gasteiger partial charge is 0.335 e. The predicted molar refractivity (Wildman–Crippen MR) is 100 cm³/mol. The molecule has 1 fully saturated rings. The van der Waals surface area contributed by atoms with Crippen LogP contribution in [0.25, 0.3) is 0 Å². The summed E-state index contributed by atoms with van der Waals surface area (Å²) in [4.78, 5) is 32.8. The minimum atomic E-state index is -0.506. The van der Waals surface area contributed by atoms with Crippen molar-refractivity contribution in [3.8, 4) is 0 Å². The maximum atomic E-state index is 13.2. The van der Waals surface area contributed by atoms with Gasteiger partial charge in [0.15, 0.2) is 0 Å². The summed E-state index contributed by atoms with van der Waals surface area (Å²) in [5.41, 5.74) is 0.990. The SMILES string of the molecule is CC(C)C1CN(C(=O)c2ccc(F)cn2)CCC(=O)N1Cc1ccc(F)cc1. The van der Waals surface area contributed by atoms with E-state index in [2.05, 4.69) is 4.98 Å². The summed E-state index contributed by atoms with van der Waals surface area (Å²) in [5.74, 6) is -1.09. The lowest BCUT2D eigenvalue weighted by atomic mass is 10.0. The summed E-state index contributed by atoms with van der Waals surface area (Å²) < 4.78 is 26.3. The number of benzene rings is 1. The third-order valence-corrected chi connectivity index (χ3v) is 4.99. The molecule has 148 valence electrons. The molecule has 3 rings (SSSR count). The van der Waals surface area contributed by atoms with Crippen LogP contribution in [0.5, 0.6) is 0 Å². The van der Waals surface area contributed by atoms with Crippen LogP contribution in [-0.4, -0.2) is 45.7 Å². The third kappa shape index (κ3) is 4.52. The number of halogens is 2. The van der Waals surface area contributed by atoms with Crippen molar-refractivity contribution in [3.05, 3.63) is 65.5 Å². The van der Waals surface area contributed by atoms with Crippen LogP contribution in [0.2, 0.25) is 0 Å². The summed E-state index contributed by atoms with van der Waals surface area (Å²) in [7, 11) is 0. The van der Waals surface area contributed by atoms with Crippen molar-refractivity contribution < 1.29 is 18.4 Å². The van der Waals surface area contributed by atoms with E-state index in [-0.39, 0.29) is 48.3 Å². The van der Waals surface area contributed by atoms with E-state index >= 15 is 0 Å². The Kier molecular flexibility index (Phi) is 6.02. The number of rotatable bonds is 4. The van der Waals surface area contributed by atoms with Crippen molar-refractivity contribution >= 4 is 11.8 Å². The Labute approximate surface area is 163 Å². The molecule has 1 aliphatic heterocycles. The summed E-state index contributed by atoms with van der Waals surface area (Å²) in [6, 6.07) is 8.43. The van der Waals surface area contributed by atoms with Crippen LogP contribution in [0.3, 0.4) is 0 Å². The lowest BCUT2D eigenvalue weighted by molar-refractivity contribution is -0.134. The summed E-state index contributed by atoms with van der Waals surface area (Å²) in [5, 5.41) is 0. The molecule has 28 heavy (non-hydrogen) atoms. The average Bonchev–Trinajstić information content (AvgIpc) is 2.83. The zero-order valence-corrected chi connectivity index (χ0v) is 15.9. The molecule has 1 atom stereocenters. The molecule has 0 saturated carbocycles. The molecule has 1 saturated heterocycles. The van der Waals surface area contributed by atoms with Gasteiger partial charge < -0.3 is 9.80 Å². The number of aromatic nitrogens is 1.